The molecule has 1 rings (SSSR count). The van der Waals surface area contributed by atoms with Gasteiger partial charge in [0.15, 0.2) is 0 Å². The summed E-state index contributed by atoms with van der Waals surface area (Å²) in [7, 11) is -2.70. The van der Waals surface area contributed by atoms with Crippen LogP contribution in [0.2, 0.25) is 0 Å². The number of halogens is 3. The molecule has 0 saturated heterocycles. The first-order chi connectivity index (χ1) is 9.34. The van der Waals surface area contributed by atoms with Gasteiger partial charge in [-0.1, -0.05) is 6.08 Å². The van der Waals surface area contributed by atoms with Crippen molar-refractivity contribution >= 4 is 26.0 Å². The molecule has 0 saturated carbocycles. The summed E-state index contributed by atoms with van der Waals surface area (Å²) in [6.45, 7) is 3.64. The highest BCUT2D eigenvalue weighted by Gasteiger charge is 2.29. The second-order valence-electron chi connectivity index (χ2n) is 3.84. The molecular formula is C12H14BrF2NO3S. The molecule has 0 atom stereocenters. The van der Waals surface area contributed by atoms with Gasteiger partial charge in [-0.25, -0.2) is 17.2 Å². The molecule has 0 fully saturated rings. The highest BCUT2D eigenvalue weighted by Crippen LogP contribution is 2.28. The van der Waals surface area contributed by atoms with Crippen molar-refractivity contribution in [3.8, 4) is 0 Å². The number of hydrogen-bond donors (Lipinski definition) is 0. The van der Waals surface area contributed by atoms with Crippen molar-refractivity contribution in [1.82, 2.24) is 4.31 Å². The Labute approximate surface area is 125 Å². The number of methoxy groups -OCH3 is 1. The van der Waals surface area contributed by atoms with Gasteiger partial charge >= 0.3 is 0 Å². The van der Waals surface area contributed by atoms with Gasteiger partial charge in [-0.3, -0.25) is 0 Å². The van der Waals surface area contributed by atoms with Crippen molar-refractivity contribution in [1.29, 1.82) is 0 Å². The minimum Gasteiger partial charge on any atom is -0.383 e. The molecule has 8 heteroatoms. The van der Waals surface area contributed by atoms with Crippen molar-refractivity contribution in [3.63, 3.8) is 0 Å². The van der Waals surface area contributed by atoms with Gasteiger partial charge in [-0.15, -0.1) is 6.58 Å². The number of rotatable bonds is 7. The summed E-state index contributed by atoms with van der Waals surface area (Å²) < 4.78 is 57.3. The lowest BCUT2D eigenvalue weighted by Crippen LogP contribution is -2.34. The Morgan fingerprint density at radius 2 is 2.10 bits per heavy atom. The Balaban J connectivity index is 3.29. The normalized spacial score (nSPS) is 11.8. The second kappa shape index (κ2) is 7.26. The molecule has 0 bridgehead atoms. The third-order valence-corrected chi connectivity index (χ3v) is 5.27. The number of ether oxygens (including phenoxy) is 1. The van der Waals surface area contributed by atoms with E-state index < -0.39 is 26.6 Å². The van der Waals surface area contributed by atoms with Crippen LogP contribution < -0.4 is 0 Å². The number of sulfonamides is 1. The van der Waals surface area contributed by atoms with E-state index in [4.69, 9.17) is 4.74 Å². The van der Waals surface area contributed by atoms with E-state index in [0.717, 1.165) is 10.4 Å². The van der Waals surface area contributed by atoms with Gasteiger partial charge in [0.2, 0.25) is 10.0 Å². The van der Waals surface area contributed by atoms with Gasteiger partial charge in [0.05, 0.1) is 6.61 Å². The average molecular weight is 370 g/mol. The van der Waals surface area contributed by atoms with Crippen molar-refractivity contribution in [2.75, 3.05) is 26.8 Å². The first kappa shape index (κ1) is 17.2. The van der Waals surface area contributed by atoms with Crippen molar-refractivity contribution < 1.29 is 21.9 Å². The minimum atomic E-state index is -4.12. The Kier molecular flexibility index (Phi) is 6.25. The van der Waals surface area contributed by atoms with E-state index in [1.54, 1.807) is 0 Å². The van der Waals surface area contributed by atoms with Crippen LogP contribution in [-0.4, -0.2) is 39.5 Å². The van der Waals surface area contributed by atoms with Crippen LogP contribution in [0, 0.1) is 11.6 Å². The number of nitrogens with zero attached hydrogens (tertiary/aromatic N) is 1. The topological polar surface area (TPSA) is 46.6 Å². The zero-order valence-electron chi connectivity index (χ0n) is 10.8. The molecule has 0 amide bonds. The van der Waals surface area contributed by atoms with Gasteiger partial charge in [0.1, 0.15) is 16.5 Å². The fraction of sp³-hybridized carbons (Fsp3) is 0.333. The molecule has 0 radical (unpaired) electrons. The Bertz CT molecular complexity index is 569. The van der Waals surface area contributed by atoms with E-state index in [0.29, 0.717) is 6.07 Å². The molecule has 1 aromatic carbocycles. The molecule has 0 aliphatic carbocycles. The quantitative estimate of drug-likeness (QED) is 0.693. The van der Waals surface area contributed by atoms with E-state index in [9.17, 15) is 17.2 Å². The lowest BCUT2D eigenvalue weighted by molar-refractivity contribution is 0.182. The fourth-order valence-corrected chi connectivity index (χ4v) is 4.06. The first-order valence-corrected chi connectivity index (χ1v) is 7.82. The smallest absolute Gasteiger partial charge is 0.247 e. The average Bonchev–Trinajstić information content (AvgIpc) is 2.32. The number of benzene rings is 1. The largest absolute Gasteiger partial charge is 0.383 e. The van der Waals surface area contributed by atoms with Crippen LogP contribution in [0.1, 0.15) is 0 Å². The highest BCUT2D eigenvalue weighted by atomic mass is 79.9. The van der Waals surface area contributed by atoms with Gasteiger partial charge in [0.25, 0.3) is 0 Å². The van der Waals surface area contributed by atoms with Crippen molar-refractivity contribution in [2.24, 2.45) is 0 Å². The molecular weight excluding hydrogens is 356 g/mol. The second-order valence-corrected chi connectivity index (χ2v) is 6.57. The summed E-state index contributed by atoms with van der Waals surface area (Å²) in [5, 5.41) is 0. The molecule has 0 spiro atoms. The molecule has 0 N–H and O–H groups in total. The summed E-state index contributed by atoms with van der Waals surface area (Å²) in [6, 6.07) is 1.43. The van der Waals surface area contributed by atoms with Crippen molar-refractivity contribution in [3.05, 3.63) is 40.9 Å². The maximum Gasteiger partial charge on any atom is 0.247 e. The monoisotopic (exact) mass is 369 g/mol. The van der Waals surface area contributed by atoms with Crippen LogP contribution in [0.25, 0.3) is 0 Å². The van der Waals surface area contributed by atoms with Crippen molar-refractivity contribution in [2.45, 2.75) is 4.90 Å². The third-order valence-electron chi connectivity index (χ3n) is 2.44. The summed E-state index contributed by atoms with van der Waals surface area (Å²) in [5.41, 5.74) is 0. The summed E-state index contributed by atoms with van der Waals surface area (Å²) in [5.74, 6) is -2.01. The standard InChI is InChI=1S/C12H14BrF2NO3S/c1-3-4-16(5-6-19-2)20(17,18)12-10(13)7-9(14)8-11(12)15/h3,7-8H,1,4-6H2,2H3. The fourth-order valence-electron chi connectivity index (χ4n) is 1.55. The van der Waals surface area contributed by atoms with Crippen LogP contribution in [0.15, 0.2) is 34.2 Å². The maximum atomic E-state index is 13.8. The molecule has 112 valence electrons. The van der Waals surface area contributed by atoms with Gasteiger partial charge in [-0.2, -0.15) is 4.31 Å². The van der Waals surface area contributed by atoms with E-state index in [-0.39, 0.29) is 24.2 Å². The third kappa shape index (κ3) is 3.85. The minimum absolute atomic E-state index is 0.00501. The zero-order chi connectivity index (χ0) is 15.3. The maximum absolute atomic E-state index is 13.8. The van der Waals surface area contributed by atoms with Crippen LogP contribution in [0.4, 0.5) is 8.78 Å². The molecule has 20 heavy (non-hydrogen) atoms. The lowest BCUT2D eigenvalue weighted by atomic mass is 10.3. The zero-order valence-corrected chi connectivity index (χ0v) is 13.2. The van der Waals surface area contributed by atoms with Gasteiger partial charge in [0, 0.05) is 30.7 Å². The molecule has 0 aromatic heterocycles. The van der Waals surface area contributed by atoms with E-state index >= 15 is 0 Å². The molecule has 4 nitrogen and oxygen atoms in total. The lowest BCUT2D eigenvalue weighted by Gasteiger charge is -2.21. The van der Waals surface area contributed by atoms with Gasteiger partial charge < -0.3 is 4.74 Å². The van der Waals surface area contributed by atoms with E-state index in [1.165, 1.54) is 13.2 Å². The summed E-state index contributed by atoms with van der Waals surface area (Å²) in [4.78, 5) is -0.600. The molecule has 1 aromatic rings. The Morgan fingerprint density at radius 3 is 2.60 bits per heavy atom. The molecule has 0 aliphatic rings. The first-order valence-electron chi connectivity index (χ1n) is 5.59. The SMILES string of the molecule is C=CCN(CCOC)S(=O)(=O)c1c(F)cc(F)cc1Br. The number of hydrogen-bond acceptors (Lipinski definition) is 3. The van der Waals surface area contributed by atoms with Gasteiger partial charge in [-0.05, 0) is 22.0 Å². The Morgan fingerprint density at radius 1 is 1.45 bits per heavy atom. The predicted octanol–water partition coefficient (Wildman–Crippen LogP) is 2.55. The predicted molar refractivity (Wildman–Crippen MR) is 74.9 cm³/mol. The summed E-state index contributed by atoms with van der Waals surface area (Å²) in [6.07, 6.45) is 1.38. The van der Waals surface area contributed by atoms with E-state index in [1.807, 2.05) is 0 Å². The highest BCUT2D eigenvalue weighted by molar-refractivity contribution is 9.10. The van der Waals surface area contributed by atoms with Crippen LogP contribution >= 0.6 is 15.9 Å². The van der Waals surface area contributed by atoms with Crippen LogP contribution in [0.5, 0.6) is 0 Å². The summed E-state index contributed by atoms with van der Waals surface area (Å²) >= 11 is 2.88. The molecule has 0 heterocycles. The molecule has 0 unspecified atom stereocenters. The van der Waals surface area contributed by atoms with E-state index in [2.05, 4.69) is 22.5 Å². The van der Waals surface area contributed by atoms with Crippen LogP contribution in [0.3, 0.4) is 0 Å². The Hall–Kier alpha value is -0.830. The molecule has 0 aliphatic heterocycles. The van der Waals surface area contributed by atoms with Crippen LogP contribution in [-0.2, 0) is 14.8 Å².